The summed E-state index contributed by atoms with van der Waals surface area (Å²) in [6.45, 7) is 5.95. The van der Waals surface area contributed by atoms with Crippen LogP contribution in [0.5, 0.6) is 0 Å². The highest BCUT2D eigenvalue weighted by molar-refractivity contribution is 5.83. The van der Waals surface area contributed by atoms with Crippen LogP contribution in [0.3, 0.4) is 0 Å². The van der Waals surface area contributed by atoms with Crippen molar-refractivity contribution in [2.75, 3.05) is 6.54 Å². The van der Waals surface area contributed by atoms with Crippen LogP contribution >= 0.6 is 0 Å². The number of para-hydroxylation sites is 1. The summed E-state index contributed by atoms with van der Waals surface area (Å²) in [6.07, 6.45) is 7.87. The molecule has 0 fully saturated rings. The van der Waals surface area contributed by atoms with Crippen molar-refractivity contribution in [1.82, 2.24) is 19.4 Å². The Balaban J connectivity index is 1.86. The van der Waals surface area contributed by atoms with E-state index in [9.17, 15) is 0 Å². The second-order valence-corrected chi connectivity index (χ2v) is 4.94. The summed E-state index contributed by atoms with van der Waals surface area (Å²) in [4.78, 5) is 4.09. The Hall–Kier alpha value is -2.07. The Kier molecular flexibility index (Phi) is 3.83. The minimum atomic E-state index is 0.920. The number of nitrogens with zero attached hydrogens (tertiary/aromatic N) is 3. The summed E-state index contributed by atoms with van der Waals surface area (Å²) in [7, 11) is 0. The summed E-state index contributed by atoms with van der Waals surface area (Å²) >= 11 is 0. The molecule has 0 atom stereocenters. The minimum absolute atomic E-state index is 0.920. The molecule has 3 rings (SSSR count). The summed E-state index contributed by atoms with van der Waals surface area (Å²) in [6, 6.07) is 8.71. The van der Waals surface area contributed by atoms with Crippen LogP contribution in [0.2, 0.25) is 0 Å². The molecule has 2 aromatic heterocycles. The maximum atomic E-state index is 4.09. The summed E-state index contributed by atoms with van der Waals surface area (Å²) in [5, 5.41) is 4.73. The van der Waals surface area contributed by atoms with E-state index in [1.165, 1.54) is 16.5 Å². The summed E-state index contributed by atoms with van der Waals surface area (Å²) < 4.78 is 4.45. The molecule has 20 heavy (non-hydrogen) atoms. The van der Waals surface area contributed by atoms with E-state index in [4.69, 9.17) is 0 Å². The molecule has 3 aromatic rings. The Labute approximate surface area is 119 Å². The fourth-order valence-electron chi connectivity index (χ4n) is 2.57. The molecule has 0 amide bonds. The van der Waals surface area contributed by atoms with E-state index in [1.807, 2.05) is 18.7 Å². The molecule has 0 bridgehead atoms. The maximum absolute atomic E-state index is 4.09. The molecule has 0 aliphatic heterocycles. The van der Waals surface area contributed by atoms with Gasteiger partial charge in [0.1, 0.15) is 0 Å². The van der Waals surface area contributed by atoms with Crippen molar-refractivity contribution in [3.8, 4) is 0 Å². The Morgan fingerprint density at radius 3 is 2.90 bits per heavy atom. The number of aromatic nitrogens is 3. The van der Waals surface area contributed by atoms with E-state index in [2.05, 4.69) is 56.8 Å². The number of hydrogen-bond acceptors (Lipinski definition) is 2. The number of rotatable bonds is 6. The smallest absolute Gasteiger partial charge is 0.0946 e. The summed E-state index contributed by atoms with van der Waals surface area (Å²) in [5.74, 6) is 0. The molecular weight excluding hydrogens is 248 g/mol. The first-order valence-electron chi connectivity index (χ1n) is 7.11. The van der Waals surface area contributed by atoms with Gasteiger partial charge in [0.25, 0.3) is 0 Å². The topological polar surface area (TPSA) is 34.8 Å². The number of imidazole rings is 1. The van der Waals surface area contributed by atoms with Gasteiger partial charge in [-0.15, -0.1) is 0 Å². The highest BCUT2D eigenvalue weighted by Gasteiger charge is 2.06. The highest BCUT2D eigenvalue weighted by atomic mass is 15.1. The van der Waals surface area contributed by atoms with Crippen LogP contribution in [0.15, 0.2) is 49.2 Å². The van der Waals surface area contributed by atoms with E-state index >= 15 is 0 Å². The van der Waals surface area contributed by atoms with Gasteiger partial charge < -0.3 is 14.5 Å². The van der Waals surface area contributed by atoms with Crippen molar-refractivity contribution >= 4 is 10.9 Å². The van der Waals surface area contributed by atoms with Crippen molar-refractivity contribution in [2.24, 2.45) is 0 Å². The van der Waals surface area contributed by atoms with Gasteiger partial charge in [0.2, 0.25) is 0 Å². The van der Waals surface area contributed by atoms with Gasteiger partial charge in [-0.2, -0.15) is 0 Å². The third kappa shape index (κ3) is 2.60. The molecular formula is C16H20N4. The number of fused-ring (bicyclic) bond motifs is 1. The van der Waals surface area contributed by atoms with Gasteiger partial charge in [0.15, 0.2) is 0 Å². The first kappa shape index (κ1) is 12.9. The molecule has 4 nitrogen and oxygen atoms in total. The van der Waals surface area contributed by atoms with Gasteiger partial charge in [0, 0.05) is 38.2 Å². The second-order valence-electron chi connectivity index (χ2n) is 4.94. The number of hydrogen-bond donors (Lipinski definition) is 1. The third-order valence-electron chi connectivity index (χ3n) is 3.60. The lowest BCUT2D eigenvalue weighted by Gasteiger charge is -2.10. The molecule has 0 unspecified atom stereocenters. The lowest BCUT2D eigenvalue weighted by molar-refractivity contribution is 0.590. The van der Waals surface area contributed by atoms with Gasteiger partial charge in [0.05, 0.1) is 11.8 Å². The molecule has 104 valence electrons. The van der Waals surface area contributed by atoms with Crippen LogP contribution in [0.25, 0.3) is 10.9 Å². The largest absolute Gasteiger partial charge is 0.345 e. The molecule has 2 heterocycles. The van der Waals surface area contributed by atoms with Crippen LogP contribution in [0, 0.1) is 0 Å². The molecule has 4 heteroatoms. The quantitative estimate of drug-likeness (QED) is 0.746. The Bertz CT molecular complexity index is 667. The summed E-state index contributed by atoms with van der Waals surface area (Å²) in [5.41, 5.74) is 2.70. The lowest BCUT2D eigenvalue weighted by Crippen LogP contribution is -2.13. The monoisotopic (exact) mass is 268 g/mol. The molecule has 0 saturated carbocycles. The molecule has 0 saturated heterocycles. The van der Waals surface area contributed by atoms with Crippen molar-refractivity contribution in [3.05, 3.63) is 54.7 Å². The second kappa shape index (κ2) is 5.92. The molecule has 0 aliphatic rings. The molecule has 0 radical (unpaired) electrons. The van der Waals surface area contributed by atoms with E-state index in [1.54, 1.807) is 0 Å². The zero-order valence-electron chi connectivity index (χ0n) is 11.8. The average molecular weight is 268 g/mol. The van der Waals surface area contributed by atoms with Crippen LogP contribution in [-0.4, -0.2) is 20.7 Å². The predicted molar refractivity (Wildman–Crippen MR) is 81.5 cm³/mol. The normalized spacial score (nSPS) is 11.2. The van der Waals surface area contributed by atoms with Gasteiger partial charge in [-0.3, -0.25) is 0 Å². The van der Waals surface area contributed by atoms with Crippen LogP contribution in [0.1, 0.15) is 12.5 Å². The number of aryl methyl sites for hydroxylation is 2. The maximum Gasteiger partial charge on any atom is 0.0946 e. The van der Waals surface area contributed by atoms with Crippen LogP contribution in [0.4, 0.5) is 0 Å². The van der Waals surface area contributed by atoms with Crippen molar-refractivity contribution in [3.63, 3.8) is 0 Å². The minimum Gasteiger partial charge on any atom is -0.345 e. The molecule has 0 aliphatic carbocycles. The zero-order chi connectivity index (χ0) is 13.8. The Morgan fingerprint density at radius 1 is 1.15 bits per heavy atom. The predicted octanol–water partition coefficient (Wildman–Crippen LogP) is 2.65. The average Bonchev–Trinajstić information content (AvgIpc) is 3.12. The van der Waals surface area contributed by atoms with Crippen molar-refractivity contribution < 1.29 is 0 Å². The van der Waals surface area contributed by atoms with Gasteiger partial charge in [-0.05, 0) is 23.6 Å². The van der Waals surface area contributed by atoms with E-state index in [-0.39, 0.29) is 0 Å². The van der Waals surface area contributed by atoms with Crippen LogP contribution < -0.4 is 5.32 Å². The highest BCUT2D eigenvalue weighted by Crippen LogP contribution is 2.20. The standard InChI is InChI=1S/C16H20N4/c1-2-17-12-15-5-3-4-14-6-8-20(16(14)15)11-10-19-9-7-18-13-19/h3-9,13,17H,2,10-12H2,1H3. The fraction of sp³-hybridized carbons (Fsp3) is 0.312. The van der Waals surface area contributed by atoms with Crippen LogP contribution in [-0.2, 0) is 19.6 Å². The van der Waals surface area contributed by atoms with Crippen molar-refractivity contribution in [1.29, 1.82) is 0 Å². The molecule has 1 aromatic carbocycles. The molecule has 1 N–H and O–H groups in total. The molecule has 0 spiro atoms. The zero-order valence-corrected chi connectivity index (χ0v) is 11.8. The fourth-order valence-corrected chi connectivity index (χ4v) is 2.57. The van der Waals surface area contributed by atoms with E-state index in [0.29, 0.717) is 0 Å². The lowest BCUT2D eigenvalue weighted by atomic mass is 10.1. The first-order chi connectivity index (χ1) is 9.88. The first-order valence-corrected chi connectivity index (χ1v) is 7.11. The van der Waals surface area contributed by atoms with Gasteiger partial charge >= 0.3 is 0 Å². The van der Waals surface area contributed by atoms with Gasteiger partial charge in [-0.1, -0.05) is 25.1 Å². The SMILES string of the molecule is CCNCc1cccc2ccn(CCn3ccnc3)c12. The van der Waals surface area contributed by atoms with Crippen molar-refractivity contribution in [2.45, 2.75) is 26.6 Å². The Morgan fingerprint density at radius 2 is 2.10 bits per heavy atom. The third-order valence-corrected chi connectivity index (χ3v) is 3.60. The number of nitrogens with one attached hydrogen (secondary N) is 1. The van der Waals surface area contributed by atoms with Gasteiger partial charge in [-0.25, -0.2) is 4.98 Å². The number of benzene rings is 1. The van der Waals surface area contributed by atoms with E-state index < -0.39 is 0 Å². The van der Waals surface area contributed by atoms with E-state index in [0.717, 1.165) is 26.2 Å².